The maximum absolute atomic E-state index is 12.5. The highest BCUT2D eigenvalue weighted by Gasteiger charge is 2.31. The van der Waals surface area contributed by atoms with Crippen LogP contribution in [0.25, 0.3) is 0 Å². The zero-order valence-corrected chi connectivity index (χ0v) is 15.0. The number of piperidine rings is 1. The van der Waals surface area contributed by atoms with Gasteiger partial charge in [-0.15, -0.1) is 0 Å². The van der Waals surface area contributed by atoms with Gasteiger partial charge in [0.2, 0.25) is 0 Å². The highest BCUT2D eigenvalue weighted by molar-refractivity contribution is 5.90. The monoisotopic (exact) mass is 330 g/mol. The summed E-state index contributed by atoms with van der Waals surface area (Å²) in [5.41, 5.74) is 2.27. The Labute approximate surface area is 145 Å². The van der Waals surface area contributed by atoms with Crippen LogP contribution in [0.2, 0.25) is 0 Å². The number of fused-ring (bicyclic) bond motifs is 1. The molecule has 1 atom stereocenters. The molecule has 1 amide bonds. The van der Waals surface area contributed by atoms with Crippen molar-refractivity contribution in [2.24, 2.45) is 5.92 Å². The molecule has 0 aliphatic carbocycles. The van der Waals surface area contributed by atoms with Gasteiger partial charge in [-0.25, -0.2) is 4.79 Å². The number of para-hydroxylation sites is 1. The van der Waals surface area contributed by atoms with E-state index in [0.717, 1.165) is 38.2 Å². The van der Waals surface area contributed by atoms with E-state index in [-0.39, 0.29) is 6.09 Å². The van der Waals surface area contributed by atoms with Crippen LogP contribution in [0.4, 0.5) is 10.5 Å². The van der Waals surface area contributed by atoms with Crippen LogP contribution in [0.15, 0.2) is 24.3 Å². The molecule has 1 fully saturated rings. The minimum atomic E-state index is -0.180. The maximum Gasteiger partial charge on any atom is 0.414 e. The molecule has 0 bridgehead atoms. The first kappa shape index (κ1) is 17.3. The van der Waals surface area contributed by atoms with Gasteiger partial charge < -0.3 is 9.64 Å². The molecule has 4 nitrogen and oxygen atoms in total. The first-order chi connectivity index (χ1) is 11.7. The van der Waals surface area contributed by atoms with Gasteiger partial charge in [-0.2, -0.15) is 0 Å². The predicted octanol–water partition coefficient (Wildman–Crippen LogP) is 4.26. The second-order valence-electron chi connectivity index (χ2n) is 7.29. The number of hydrogen-bond acceptors (Lipinski definition) is 3. The van der Waals surface area contributed by atoms with E-state index in [2.05, 4.69) is 24.8 Å². The molecule has 0 radical (unpaired) electrons. The third-order valence-electron chi connectivity index (χ3n) is 5.41. The summed E-state index contributed by atoms with van der Waals surface area (Å²) >= 11 is 0. The number of rotatable bonds is 5. The lowest BCUT2D eigenvalue weighted by Crippen LogP contribution is -2.37. The number of hydrogen-bond donors (Lipinski definition) is 0. The van der Waals surface area contributed by atoms with Crippen molar-refractivity contribution in [1.29, 1.82) is 0 Å². The number of likely N-dealkylation sites (tertiary alicyclic amines) is 1. The zero-order valence-electron chi connectivity index (χ0n) is 15.0. The van der Waals surface area contributed by atoms with Crippen molar-refractivity contribution >= 4 is 11.8 Å². The number of carbonyl (C=O) groups excluding carboxylic acids is 1. The van der Waals surface area contributed by atoms with Gasteiger partial charge in [0.1, 0.15) is 0 Å². The first-order valence-corrected chi connectivity index (χ1v) is 9.44. The molecule has 1 unspecified atom stereocenters. The van der Waals surface area contributed by atoms with E-state index in [1.165, 1.54) is 24.9 Å². The summed E-state index contributed by atoms with van der Waals surface area (Å²) in [6, 6.07) is 8.16. The number of carbonyl (C=O) groups is 1. The van der Waals surface area contributed by atoms with E-state index in [4.69, 9.17) is 4.74 Å². The Morgan fingerprint density at radius 3 is 2.75 bits per heavy atom. The molecule has 2 heterocycles. The molecule has 2 aliphatic heterocycles. The molecule has 132 valence electrons. The van der Waals surface area contributed by atoms with Crippen molar-refractivity contribution in [3.63, 3.8) is 0 Å². The quantitative estimate of drug-likeness (QED) is 0.809. The van der Waals surface area contributed by atoms with E-state index >= 15 is 0 Å². The minimum absolute atomic E-state index is 0.180. The summed E-state index contributed by atoms with van der Waals surface area (Å²) in [6.45, 7) is 9.20. The molecule has 1 saturated heterocycles. The van der Waals surface area contributed by atoms with E-state index in [1.54, 1.807) is 4.90 Å². The van der Waals surface area contributed by atoms with Crippen molar-refractivity contribution < 1.29 is 9.53 Å². The average molecular weight is 330 g/mol. The van der Waals surface area contributed by atoms with Crippen molar-refractivity contribution in [3.05, 3.63) is 29.8 Å². The first-order valence-electron chi connectivity index (χ1n) is 9.44. The maximum atomic E-state index is 12.5. The van der Waals surface area contributed by atoms with Crippen molar-refractivity contribution in [3.8, 4) is 0 Å². The number of benzene rings is 1. The highest BCUT2D eigenvalue weighted by atomic mass is 16.6. The van der Waals surface area contributed by atoms with E-state index in [9.17, 15) is 4.79 Å². The topological polar surface area (TPSA) is 32.8 Å². The second kappa shape index (κ2) is 8.02. The number of nitrogens with zero attached hydrogens (tertiary/aromatic N) is 2. The average Bonchev–Trinajstić information content (AvgIpc) is 2.96. The zero-order chi connectivity index (χ0) is 16.9. The number of anilines is 1. The van der Waals surface area contributed by atoms with E-state index in [1.807, 2.05) is 18.2 Å². The molecular formula is C20H30N2O2. The molecule has 24 heavy (non-hydrogen) atoms. The lowest BCUT2D eigenvalue weighted by molar-refractivity contribution is 0.100. The lowest BCUT2D eigenvalue weighted by atomic mass is 9.98. The largest absolute Gasteiger partial charge is 0.449 e. The summed E-state index contributed by atoms with van der Waals surface area (Å²) in [5, 5.41) is 0. The van der Waals surface area contributed by atoms with Gasteiger partial charge in [-0.05, 0) is 56.4 Å². The second-order valence-corrected chi connectivity index (χ2v) is 7.29. The Kier molecular flexibility index (Phi) is 5.77. The molecule has 0 N–H and O–H groups in total. The molecule has 2 aliphatic rings. The van der Waals surface area contributed by atoms with Crippen molar-refractivity contribution in [1.82, 2.24) is 4.90 Å². The number of amides is 1. The molecule has 0 aromatic heterocycles. The van der Waals surface area contributed by atoms with Gasteiger partial charge in [-0.3, -0.25) is 4.90 Å². The molecule has 1 aromatic carbocycles. The SMILES string of the molecule is CCCCN1CCC(COC(=O)N2CC(C)c3ccccc32)CC1. The van der Waals surface area contributed by atoms with Crippen LogP contribution in [-0.4, -0.2) is 43.8 Å². The van der Waals surface area contributed by atoms with E-state index < -0.39 is 0 Å². The van der Waals surface area contributed by atoms with Crippen LogP contribution in [-0.2, 0) is 4.74 Å². The summed E-state index contributed by atoms with van der Waals surface area (Å²) < 4.78 is 5.66. The van der Waals surface area contributed by atoms with Gasteiger partial charge in [0.25, 0.3) is 0 Å². The predicted molar refractivity (Wildman–Crippen MR) is 97.6 cm³/mol. The molecule has 3 rings (SSSR count). The van der Waals surface area contributed by atoms with Crippen LogP contribution < -0.4 is 4.90 Å². The van der Waals surface area contributed by atoms with Gasteiger partial charge in [-0.1, -0.05) is 38.5 Å². The third-order valence-corrected chi connectivity index (χ3v) is 5.41. The Morgan fingerprint density at radius 1 is 1.25 bits per heavy atom. The van der Waals surface area contributed by atoms with Gasteiger partial charge in [0.05, 0.1) is 12.3 Å². The summed E-state index contributed by atoms with van der Waals surface area (Å²) in [4.78, 5) is 16.8. The highest BCUT2D eigenvalue weighted by Crippen LogP contribution is 2.36. The summed E-state index contributed by atoms with van der Waals surface area (Å²) in [6.07, 6.45) is 4.65. The molecule has 1 aromatic rings. The Balaban J connectivity index is 1.46. The summed E-state index contributed by atoms with van der Waals surface area (Å²) in [7, 11) is 0. The number of ether oxygens (including phenoxy) is 1. The Hall–Kier alpha value is -1.55. The van der Waals surface area contributed by atoms with Crippen LogP contribution >= 0.6 is 0 Å². The Bertz CT molecular complexity index is 552. The van der Waals surface area contributed by atoms with Crippen molar-refractivity contribution in [2.45, 2.75) is 45.4 Å². The minimum Gasteiger partial charge on any atom is -0.449 e. The molecule has 0 saturated carbocycles. The van der Waals surface area contributed by atoms with Crippen LogP contribution in [0.3, 0.4) is 0 Å². The van der Waals surface area contributed by atoms with Gasteiger partial charge in [0, 0.05) is 12.5 Å². The fraction of sp³-hybridized carbons (Fsp3) is 0.650. The smallest absolute Gasteiger partial charge is 0.414 e. The standard InChI is InChI=1S/C20H30N2O2/c1-3-4-11-21-12-9-17(10-13-21)15-24-20(23)22-14-16(2)18-7-5-6-8-19(18)22/h5-8,16-17H,3-4,9-15H2,1-2H3. The van der Waals surface area contributed by atoms with Crippen LogP contribution in [0, 0.1) is 5.92 Å². The summed E-state index contributed by atoms with van der Waals surface area (Å²) in [5.74, 6) is 0.901. The normalized spacial score (nSPS) is 21.8. The third kappa shape index (κ3) is 3.92. The van der Waals surface area contributed by atoms with Crippen LogP contribution in [0.5, 0.6) is 0 Å². The molecule has 0 spiro atoms. The lowest BCUT2D eigenvalue weighted by Gasteiger charge is -2.31. The Morgan fingerprint density at radius 2 is 2.00 bits per heavy atom. The fourth-order valence-corrected chi connectivity index (χ4v) is 3.82. The van der Waals surface area contributed by atoms with Crippen molar-refractivity contribution in [2.75, 3.05) is 37.7 Å². The van der Waals surface area contributed by atoms with E-state index in [0.29, 0.717) is 18.4 Å². The van der Waals surface area contributed by atoms with Gasteiger partial charge >= 0.3 is 6.09 Å². The van der Waals surface area contributed by atoms with Gasteiger partial charge in [0.15, 0.2) is 0 Å². The molecule has 4 heteroatoms. The fourth-order valence-electron chi connectivity index (χ4n) is 3.82. The number of unbranched alkanes of at least 4 members (excludes halogenated alkanes) is 1. The van der Waals surface area contributed by atoms with Crippen LogP contribution in [0.1, 0.15) is 51.0 Å². The molecular weight excluding hydrogens is 300 g/mol.